The second-order valence-corrected chi connectivity index (χ2v) is 6.82. The lowest BCUT2D eigenvalue weighted by molar-refractivity contribution is 0.0926. The van der Waals surface area contributed by atoms with Crippen molar-refractivity contribution in [2.75, 3.05) is 13.2 Å². The van der Waals surface area contributed by atoms with E-state index in [0.717, 1.165) is 31.0 Å². The molecule has 0 bridgehead atoms. The summed E-state index contributed by atoms with van der Waals surface area (Å²) in [6.07, 6.45) is 5.61. The molecular weight excluding hydrogens is 332 g/mol. The van der Waals surface area contributed by atoms with E-state index in [-0.39, 0.29) is 23.1 Å². The Morgan fingerprint density at radius 1 is 1.38 bits per heavy atom. The summed E-state index contributed by atoms with van der Waals surface area (Å²) in [5.74, 6) is 0.566. The molecule has 1 aliphatic heterocycles. The Labute approximate surface area is 153 Å². The molecule has 0 aliphatic carbocycles. The Morgan fingerprint density at radius 2 is 2.19 bits per heavy atom. The van der Waals surface area contributed by atoms with Crippen LogP contribution >= 0.6 is 0 Å². The summed E-state index contributed by atoms with van der Waals surface area (Å²) in [6.45, 7) is 7.91. The molecule has 1 unspecified atom stereocenters. The maximum Gasteiger partial charge on any atom is 0.263 e. The van der Waals surface area contributed by atoms with Crippen LogP contribution in [0.1, 0.15) is 40.3 Å². The third-order valence-electron chi connectivity index (χ3n) is 4.90. The highest BCUT2D eigenvalue weighted by atomic mass is 16.5. The monoisotopic (exact) mass is 358 g/mol. The Hall–Kier alpha value is -2.41. The van der Waals surface area contributed by atoms with Crippen molar-refractivity contribution in [3.63, 3.8) is 0 Å². The van der Waals surface area contributed by atoms with Gasteiger partial charge in [-0.1, -0.05) is 0 Å². The van der Waals surface area contributed by atoms with E-state index >= 15 is 0 Å². The first-order valence-corrected chi connectivity index (χ1v) is 9.06. The lowest BCUT2D eigenvalue weighted by Gasteiger charge is -2.17. The van der Waals surface area contributed by atoms with Crippen LogP contribution in [-0.2, 0) is 17.8 Å². The number of hydrogen-bond acceptors (Lipinski definition) is 4. The first kappa shape index (κ1) is 18.4. The third-order valence-corrected chi connectivity index (χ3v) is 4.90. The smallest absolute Gasteiger partial charge is 0.263 e. The fraction of sp³-hybridized carbons (Fsp3) is 0.526. The third kappa shape index (κ3) is 3.88. The molecule has 1 amide bonds. The maximum absolute atomic E-state index is 12.9. The number of nitrogens with zero attached hydrogens (tertiary/aromatic N) is 3. The first-order chi connectivity index (χ1) is 12.5. The molecular formula is C19H26N4O3. The highest BCUT2D eigenvalue weighted by molar-refractivity contribution is 5.95. The van der Waals surface area contributed by atoms with Gasteiger partial charge < -0.3 is 19.2 Å². The van der Waals surface area contributed by atoms with Gasteiger partial charge in [-0.2, -0.15) is 0 Å². The van der Waals surface area contributed by atoms with Crippen LogP contribution in [0.2, 0.25) is 0 Å². The molecule has 1 fully saturated rings. The Balaban J connectivity index is 1.74. The van der Waals surface area contributed by atoms with Gasteiger partial charge in [-0.3, -0.25) is 9.59 Å². The normalized spacial score (nSPS) is 16.8. The van der Waals surface area contributed by atoms with Gasteiger partial charge >= 0.3 is 0 Å². The first-order valence-electron chi connectivity index (χ1n) is 9.06. The number of pyridine rings is 1. The average molecular weight is 358 g/mol. The van der Waals surface area contributed by atoms with Crippen LogP contribution in [0.3, 0.4) is 0 Å². The van der Waals surface area contributed by atoms with Gasteiger partial charge in [0, 0.05) is 37.8 Å². The minimum absolute atomic E-state index is 0.0502. The van der Waals surface area contributed by atoms with Crippen LogP contribution in [0.4, 0.5) is 0 Å². The van der Waals surface area contributed by atoms with Gasteiger partial charge in [-0.05, 0) is 45.2 Å². The molecule has 1 aliphatic rings. The number of carbonyl (C=O) groups excluding carboxylic acids is 1. The van der Waals surface area contributed by atoms with Crippen molar-refractivity contribution in [1.82, 2.24) is 19.4 Å². The lowest BCUT2D eigenvalue weighted by atomic mass is 10.1. The van der Waals surface area contributed by atoms with Gasteiger partial charge in [0.05, 0.1) is 12.6 Å². The van der Waals surface area contributed by atoms with Gasteiger partial charge in [0.1, 0.15) is 11.4 Å². The Bertz CT molecular complexity index is 847. The molecule has 2 aromatic heterocycles. The van der Waals surface area contributed by atoms with Crippen LogP contribution in [0.25, 0.3) is 0 Å². The van der Waals surface area contributed by atoms with Crippen molar-refractivity contribution in [2.24, 2.45) is 0 Å². The predicted octanol–water partition coefficient (Wildman–Crippen LogP) is 1.58. The molecule has 0 saturated carbocycles. The zero-order valence-corrected chi connectivity index (χ0v) is 15.6. The van der Waals surface area contributed by atoms with Crippen molar-refractivity contribution >= 4 is 5.91 Å². The standard InChI is InChI=1S/C19H26N4O3/c1-13-11-14(2)23(12-16-5-4-10-26-16)19(25)17(13)18(24)21-7-9-22-8-6-20-15(22)3/h6,8,11,16H,4-5,7,9-10,12H2,1-3H3,(H,21,24). The van der Waals surface area contributed by atoms with Crippen LogP contribution in [-0.4, -0.2) is 39.3 Å². The minimum atomic E-state index is -0.327. The molecule has 0 aromatic carbocycles. The van der Waals surface area contributed by atoms with Gasteiger partial charge in [-0.25, -0.2) is 4.98 Å². The number of imidazole rings is 1. The number of aryl methyl sites for hydroxylation is 3. The number of carbonyl (C=O) groups is 1. The van der Waals surface area contributed by atoms with Gasteiger partial charge in [0.25, 0.3) is 11.5 Å². The van der Waals surface area contributed by atoms with Crippen molar-refractivity contribution < 1.29 is 9.53 Å². The summed E-state index contributed by atoms with van der Waals surface area (Å²) in [5.41, 5.74) is 1.53. The van der Waals surface area contributed by atoms with E-state index in [2.05, 4.69) is 10.3 Å². The van der Waals surface area contributed by atoms with Crippen molar-refractivity contribution in [1.29, 1.82) is 0 Å². The topological polar surface area (TPSA) is 78.1 Å². The number of ether oxygens (including phenoxy) is 1. The molecule has 0 spiro atoms. The SMILES string of the molecule is Cc1cc(C)n(CC2CCCO2)c(=O)c1C(=O)NCCn1ccnc1C. The zero-order valence-electron chi connectivity index (χ0n) is 15.6. The number of amides is 1. The van der Waals surface area contributed by atoms with Crippen molar-refractivity contribution in [3.8, 4) is 0 Å². The molecule has 2 aromatic rings. The molecule has 140 valence electrons. The average Bonchev–Trinajstić information content (AvgIpc) is 3.23. The van der Waals surface area contributed by atoms with E-state index < -0.39 is 0 Å². The Morgan fingerprint density at radius 3 is 2.85 bits per heavy atom. The fourth-order valence-electron chi connectivity index (χ4n) is 3.44. The minimum Gasteiger partial charge on any atom is -0.376 e. The van der Waals surface area contributed by atoms with E-state index in [1.165, 1.54) is 0 Å². The van der Waals surface area contributed by atoms with Crippen LogP contribution in [0.15, 0.2) is 23.3 Å². The number of rotatable bonds is 6. The summed E-state index contributed by atoms with van der Waals surface area (Å²) in [6, 6.07) is 1.89. The molecule has 26 heavy (non-hydrogen) atoms. The van der Waals surface area contributed by atoms with Crippen LogP contribution < -0.4 is 10.9 Å². The zero-order chi connectivity index (χ0) is 18.7. The highest BCUT2D eigenvalue weighted by Crippen LogP contribution is 2.15. The summed E-state index contributed by atoms with van der Waals surface area (Å²) in [5, 5.41) is 2.85. The largest absolute Gasteiger partial charge is 0.376 e. The molecule has 1 atom stereocenters. The summed E-state index contributed by atoms with van der Waals surface area (Å²) in [7, 11) is 0. The second kappa shape index (κ2) is 7.86. The quantitative estimate of drug-likeness (QED) is 0.850. The molecule has 7 nitrogen and oxygen atoms in total. The molecule has 0 radical (unpaired) electrons. The van der Waals surface area contributed by atoms with Gasteiger partial charge in [0.2, 0.25) is 0 Å². The Kier molecular flexibility index (Phi) is 5.56. The molecule has 7 heteroatoms. The van der Waals surface area contributed by atoms with E-state index in [9.17, 15) is 9.59 Å². The summed E-state index contributed by atoms with van der Waals surface area (Å²) >= 11 is 0. The van der Waals surface area contributed by atoms with Crippen LogP contribution in [0.5, 0.6) is 0 Å². The molecule has 3 heterocycles. The number of aromatic nitrogens is 3. The van der Waals surface area contributed by atoms with E-state index in [1.54, 1.807) is 17.7 Å². The van der Waals surface area contributed by atoms with E-state index in [1.807, 2.05) is 30.7 Å². The number of nitrogens with one attached hydrogen (secondary N) is 1. The van der Waals surface area contributed by atoms with E-state index in [4.69, 9.17) is 4.74 Å². The van der Waals surface area contributed by atoms with Crippen LogP contribution in [0, 0.1) is 20.8 Å². The highest BCUT2D eigenvalue weighted by Gasteiger charge is 2.21. The lowest BCUT2D eigenvalue weighted by Crippen LogP contribution is -2.37. The summed E-state index contributed by atoms with van der Waals surface area (Å²) < 4.78 is 9.27. The summed E-state index contributed by atoms with van der Waals surface area (Å²) in [4.78, 5) is 29.7. The van der Waals surface area contributed by atoms with Crippen molar-refractivity contribution in [2.45, 2.75) is 52.8 Å². The van der Waals surface area contributed by atoms with Crippen molar-refractivity contribution in [3.05, 3.63) is 51.5 Å². The molecule has 1 saturated heterocycles. The van der Waals surface area contributed by atoms with E-state index in [0.29, 0.717) is 25.2 Å². The second-order valence-electron chi connectivity index (χ2n) is 6.82. The van der Waals surface area contributed by atoms with Gasteiger partial charge in [-0.15, -0.1) is 0 Å². The number of hydrogen-bond donors (Lipinski definition) is 1. The fourth-order valence-corrected chi connectivity index (χ4v) is 3.44. The molecule has 3 rings (SSSR count). The maximum atomic E-state index is 12.9. The molecule has 1 N–H and O–H groups in total. The van der Waals surface area contributed by atoms with Gasteiger partial charge in [0.15, 0.2) is 0 Å². The predicted molar refractivity (Wildman–Crippen MR) is 98.4 cm³/mol.